The number of anilines is 1. The van der Waals surface area contributed by atoms with Crippen molar-refractivity contribution in [2.24, 2.45) is 7.05 Å². The number of halogens is 1. The van der Waals surface area contributed by atoms with E-state index in [4.69, 9.17) is 11.6 Å². The Morgan fingerprint density at radius 3 is 2.73 bits per heavy atom. The first-order valence-corrected chi connectivity index (χ1v) is 12.0. The van der Waals surface area contributed by atoms with E-state index in [1.165, 1.54) is 27.7 Å². The second-order valence-corrected chi connectivity index (χ2v) is 9.68. The number of para-hydroxylation sites is 1. The van der Waals surface area contributed by atoms with Gasteiger partial charge in [-0.25, -0.2) is 4.98 Å². The van der Waals surface area contributed by atoms with Crippen LogP contribution in [0.5, 0.6) is 0 Å². The first kappa shape index (κ1) is 21.0. The van der Waals surface area contributed by atoms with Gasteiger partial charge >= 0.3 is 0 Å². The van der Waals surface area contributed by atoms with E-state index in [0.717, 1.165) is 15.5 Å². The Morgan fingerprint density at radius 2 is 1.93 bits per heavy atom. The third kappa shape index (κ3) is 4.73. The molecule has 0 fully saturated rings. The number of hydrogen-bond acceptors (Lipinski definition) is 6. The minimum atomic E-state index is -0.162. The van der Waals surface area contributed by atoms with Crippen molar-refractivity contribution in [3.05, 3.63) is 75.4 Å². The molecule has 0 aliphatic carbocycles. The fourth-order valence-corrected chi connectivity index (χ4v) is 5.32. The molecule has 0 atom stereocenters. The fraction of sp³-hybridized carbons (Fsp3) is 0.0952. The first-order chi connectivity index (χ1) is 14.5. The lowest BCUT2D eigenvalue weighted by molar-refractivity contribution is -0.113. The van der Waals surface area contributed by atoms with Crippen LogP contribution in [0.2, 0.25) is 5.02 Å². The second kappa shape index (κ2) is 9.26. The van der Waals surface area contributed by atoms with E-state index in [0.29, 0.717) is 20.4 Å². The Morgan fingerprint density at radius 1 is 1.17 bits per heavy atom. The summed E-state index contributed by atoms with van der Waals surface area (Å²) in [5, 5.41) is 6.61. The van der Waals surface area contributed by atoms with Crippen molar-refractivity contribution in [3.63, 3.8) is 0 Å². The van der Waals surface area contributed by atoms with Crippen molar-refractivity contribution in [2.45, 2.75) is 14.9 Å². The molecule has 2 aromatic carbocycles. The predicted molar refractivity (Wildman–Crippen MR) is 126 cm³/mol. The molecule has 1 N–H and O–H groups in total. The molecule has 0 saturated heterocycles. The Balaban J connectivity index is 1.45. The number of thioether (sulfide) groups is 1. The third-order valence-corrected chi connectivity index (χ3v) is 7.37. The van der Waals surface area contributed by atoms with Crippen LogP contribution in [-0.4, -0.2) is 21.2 Å². The number of nitrogens with zero attached hydrogens (tertiary/aromatic N) is 2. The van der Waals surface area contributed by atoms with E-state index in [9.17, 15) is 9.59 Å². The molecule has 2 heterocycles. The van der Waals surface area contributed by atoms with E-state index in [-0.39, 0.29) is 17.2 Å². The zero-order valence-electron chi connectivity index (χ0n) is 15.8. The van der Waals surface area contributed by atoms with Gasteiger partial charge in [0.2, 0.25) is 5.91 Å². The Kier molecular flexibility index (Phi) is 6.48. The SMILES string of the molecule is Cn1c(SCC(=O)Nc2ccccc2Sc2ccc(Cl)cc2)nc2sccc2c1=O. The molecular formula is C21H16ClN3O2S3. The van der Waals surface area contributed by atoms with Gasteiger partial charge in [-0.2, -0.15) is 0 Å². The van der Waals surface area contributed by atoms with Gasteiger partial charge in [0.1, 0.15) is 4.83 Å². The lowest BCUT2D eigenvalue weighted by Crippen LogP contribution is -2.21. The number of aromatic nitrogens is 2. The van der Waals surface area contributed by atoms with Crippen LogP contribution in [-0.2, 0) is 11.8 Å². The van der Waals surface area contributed by atoms with Crippen molar-refractivity contribution in [1.29, 1.82) is 0 Å². The van der Waals surface area contributed by atoms with Gasteiger partial charge in [0.15, 0.2) is 5.16 Å². The minimum Gasteiger partial charge on any atom is -0.324 e. The Labute approximate surface area is 190 Å². The summed E-state index contributed by atoms with van der Waals surface area (Å²) in [5.41, 5.74) is 0.632. The summed E-state index contributed by atoms with van der Waals surface area (Å²) in [5.74, 6) is -0.0124. The van der Waals surface area contributed by atoms with Gasteiger partial charge in [-0.1, -0.05) is 47.3 Å². The topological polar surface area (TPSA) is 64.0 Å². The van der Waals surface area contributed by atoms with Crippen molar-refractivity contribution in [2.75, 3.05) is 11.1 Å². The largest absolute Gasteiger partial charge is 0.324 e. The highest BCUT2D eigenvalue weighted by molar-refractivity contribution is 8.00. The van der Waals surface area contributed by atoms with Gasteiger partial charge in [0.05, 0.1) is 16.8 Å². The standard InChI is InChI=1S/C21H16ClN3O2S3/c1-25-20(27)15-10-11-28-19(15)24-21(25)29-12-18(26)23-16-4-2-3-5-17(16)30-14-8-6-13(22)7-9-14/h2-11H,12H2,1H3,(H,23,26). The van der Waals surface area contributed by atoms with Crippen molar-refractivity contribution >= 4 is 68.3 Å². The number of amides is 1. The number of fused-ring (bicyclic) bond motifs is 1. The molecule has 9 heteroatoms. The van der Waals surface area contributed by atoms with E-state index < -0.39 is 0 Å². The summed E-state index contributed by atoms with van der Waals surface area (Å²) < 4.78 is 1.48. The van der Waals surface area contributed by atoms with Crippen LogP contribution in [0.15, 0.2) is 79.7 Å². The van der Waals surface area contributed by atoms with Crippen LogP contribution in [0.3, 0.4) is 0 Å². The van der Waals surface area contributed by atoms with Crippen LogP contribution in [0.4, 0.5) is 5.69 Å². The normalized spacial score (nSPS) is 11.0. The zero-order chi connectivity index (χ0) is 21.1. The highest BCUT2D eigenvalue weighted by Crippen LogP contribution is 2.34. The van der Waals surface area contributed by atoms with Crippen LogP contribution < -0.4 is 10.9 Å². The monoisotopic (exact) mass is 473 g/mol. The molecule has 4 aromatic rings. The Bertz CT molecular complexity index is 1270. The number of carbonyl (C=O) groups excluding carboxylic acids is 1. The average Bonchev–Trinajstić information content (AvgIpc) is 3.21. The molecule has 4 rings (SSSR count). The molecule has 1 amide bonds. The number of benzene rings is 2. The van der Waals surface area contributed by atoms with Gasteiger partial charge in [-0.15, -0.1) is 11.3 Å². The average molecular weight is 474 g/mol. The summed E-state index contributed by atoms with van der Waals surface area (Å²) in [6.45, 7) is 0. The minimum absolute atomic E-state index is 0.103. The second-order valence-electron chi connectivity index (χ2n) is 6.29. The molecule has 2 aromatic heterocycles. The maximum Gasteiger partial charge on any atom is 0.262 e. The third-order valence-electron chi connectivity index (χ3n) is 4.20. The van der Waals surface area contributed by atoms with Gasteiger partial charge in [0.25, 0.3) is 5.56 Å². The van der Waals surface area contributed by atoms with Gasteiger partial charge in [-0.3, -0.25) is 14.2 Å². The lowest BCUT2D eigenvalue weighted by Gasteiger charge is -2.11. The molecule has 0 spiro atoms. The molecular weight excluding hydrogens is 458 g/mol. The summed E-state index contributed by atoms with van der Waals surface area (Å²) in [6, 6.07) is 17.0. The van der Waals surface area contributed by atoms with Crippen LogP contribution in [0.25, 0.3) is 10.2 Å². The molecule has 0 unspecified atom stereocenters. The molecule has 0 saturated carbocycles. The molecule has 30 heavy (non-hydrogen) atoms. The van der Waals surface area contributed by atoms with Gasteiger partial charge in [0, 0.05) is 21.9 Å². The van der Waals surface area contributed by atoms with Gasteiger partial charge < -0.3 is 5.32 Å². The highest BCUT2D eigenvalue weighted by Gasteiger charge is 2.13. The molecule has 0 aliphatic rings. The Hall–Kier alpha value is -2.26. The fourth-order valence-electron chi connectivity index (χ4n) is 2.71. The molecule has 152 valence electrons. The summed E-state index contributed by atoms with van der Waals surface area (Å²) in [4.78, 5) is 32.1. The smallest absolute Gasteiger partial charge is 0.262 e. The maximum atomic E-state index is 12.6. The van der Waals surface area contributed by atoms with E-state index in [2.05, 4.69) is 10.3 Å². The predicted octanol–water partition coefficient (Wildman–Crippen LogP) is 5.53. The maximum absolute atomic E-state index is 12.6. The molecule has 0 radical (unpaired) electrons. The van der Waals surface area contributed by atoms with Crippen LogP contribution in [0, 0.1) is 0 Å². The highest BCUT2D eigenvalue weighted by atomic mass is 35.5. The summed E-state index contributed by atoms with van der Waals surface area (Å²) in [6.07, 6.45) is 0. The molecule has 0 bridgehead atoms. The number of thiophene rings is 1. The van der Waals surface area contributed by atoms with Crippen LogP contribution in [0.1, 0.15) is 0 Å². The number of hydrogen-bond donors (Lipinski definition) is 1. The van der Waals surface area contributed by atoms with Crippen molar-refractivity contribution in [3.8, 4) is 0 Å². The van der Waals surface area contributed by atoms with Crippen LogP contribution >= 0.6 is 46.5 Å². The quantitative estimate of drug-likeness (QED) is 0.294. The lowest BCUT2D eigenvalue weighted by atomic mass is 10.3. The van der Waals surface area contributed by atoms with Gasteiger partial charge in [-0.05, 0) is 47.8 Å². The molecule has 5 nitrogen and oxygen atoms in total. The number of nitrogens with one attached hydrogen (secondary N) is 1. The molecule has 0 aliphatic heterocycles. The summed E-state index contributed by atoms with van der Waals surface area (Å²) in [7, 11) is 1.67. The number of carbonyl (C=O) groups is 1. The first-order valence-electron chi connectivity index (χ1n) is 8.90. The van der Waals surface area contributed by atoms with E-state index >= 15 is 0 Å². The zero-order valence-corrected chi connectivity index (χ0v) is 19.0. The van der Waals surface area contributed by atoms with E-state index in [1.54, 1.807) is 24.9 Å². The summed E-state index contributed by atoms with van der Waals surface area (Å²) >= 11 is 10.2. The van der Waals surface area contributed by atoms with Crippen molar-refractivity contribution in [1.82, 2.24) is 9.55 Å². The van der Waals surface area contributed by atoms with Crippen molar-refractivity contribution < 1.29 is 4.79 Å². The number of rotatable bonds is 6. The van der Waals surface area contributed by atoms with E-state index in [1.807, 2.05) is 53.9 Å².